The molecule has 1 N–H and O–H groups in total. The summed E-state index contributed by atoms with van der Waals surface area (Å²) in [6.45, 7) is 9.52. The molecule has 0 rings (SSSR count). The predicted octanol–water partition coefficient (Wildman–Crippen LogP) is 2.28. The van der Waals surface area contributed by atoms with E-state index in [0.29, 0.717) is 0 Å². The smallest absolute Gasteiger partial charge is 0.363 e. The Bertz CT molecular complexity index is 267. The van der Waals surface area contributed by atoms with Crippen molar-refractivity contribution >= 4 is 17.1 Å². The molecule has 7 heteroatoms. The van der Waals surface area contributed by atoms with Gasteiger partial charge in [-0.15, -0.1) is 13.2 Å². The summed E-state index contributed by atoms with van der Waals surface area (Å²) in [5.74, 6) is 0. The number of rotatable bonds is 14. The van der Waals surface area contributed by atoms with Crippen LogP contribution >= 0.6 is 0 Å². The van der Waals surface area contributed by atoms with Crippen molar-refractivity contribution in [3.8, 4) is 0 Å². The first kappa shape index (κ1) is 20.7. The average molecular weight is 334 g/mol. The van der Waals surface area contributed by atoms with Gasteiger partial charge in [0, 0.05) is 28.4 Å². The Morgan fingerprint density at radius 2 is 1.10 bits per heavy atom. The van der Waals surface area contributed by atoms with Gasteiger partial charge in [-0.05, 0) is 49.4 Å². The zero-order chi connectivity index (χ0) is 16.2. The van der Waals surface area contributed by atoms with Crippen LogP contribution in [0.2, 0.25) is 12.1 Å². The molecule has 0 heterocycles. The third-order valence-electron chi connectivity index (χ3n) is 3.76. The van der Waals surface area contributed by atoms with Gasteiger partial charge in [0.05, 0.1) is 0 Å². The van der Waals surface area contributed by atoms with E-state index in [1.807, 2.05) is 11.4 Å². The molecule has 0 radical (unpaired) electrons. The Hall–Kier alpha value is -0.286. The molecule has 21 heavy (non-hydrogen) atoms. The molecule has 0 aromatic carbocycles. The molecule has 0 bridgehead atoms. The Balaban J connectivity index is 3.83. The molecule has 0 saturated carbocycles. The van der Waals surface area contributed by atoms with Crippen molar-refractivity contribution in [3.05, 3.63) is 24.6 Å². The van der Waals surface area contributed by atoms with Gasteiger partial charge in [-0.2, -0.15) is 0 Å². The molecular formula is C14H31NO4Si2. The van der Waals surface area contributed by atoms with Crippen molar-refractivity contribution in [3.63, 3.8) is 0 Å². The van der Waals surface area contributed by atoms with Crippen LogP contribution in [0.1, 0.15) is 12.8 Å². The third kappa shape index (κ3) is 7.01. The van der Waals surface area contributed by atoms with Crippen molar-refractivity contribution in [2.45, 2.75) is 24.9 Å². The highest BCUT2D eigenvalue weighted by Gasteiger charge is 2.31. The van der Waals surface area contributed by atoms with E-state index in [1.54, 1.807) is 28.4 Å². The predicted molar refractivity (Wildman–Crippen MR) is 91.7 cm³/mol. The summed E-state index contributed by atoms with van der Waals surface area (Å²) < 4.78 is 21.9. The highest BCUT2D eigenvalue weighted by Crippen LogP contribution is 2.16. The number of hydrogen-bond acceptors (Lipinski definition) is 5. The highest BCUT2D eigenvalue weighted by atomic mass is 28.4. The maximum absolute atomic E-state index is 5.48. The normalized spacial score (nSPS) is 12.4. The van der Waals surface area contributed by atoms with Gasteiger partial charge in [-0.1, -0.05) is 0 Å². The van der Waals surface area contributed by atoms with E-state index >= 15 is 0 Å². The van der Waals surface area contributed by atoms with E-state index in [1.165, 1.54) is 0 Å². The summed E-state index contributed by atoms with van der Waals surface area (Å²) in [4.78, 5) is 0. The van der Waals surface area contributed by atoms with Crippen LogP contribution in [0.3, 0.4) is 0 Å². The van der Waals surface area contributed by atoms with E-state index in [-0.39, 0.29) is 0 Å². The maximum Gasteiger partial charge on any atom is 0.363 e. The zero-order valence-electron chi connectivity index (χ0n) is 13.9. The third-order valence-corrected chi connectivity index (χ3v) is 9.87. The van der Waals surface area contributed by atoms with Crippen molar-refractivity contribution in [1.82, 2.24) is 5.32 Å². The molecule has 0 spiro atoms. The second kappa shape index (κ2) is 11.3. The number of nitrogens with one attached hydrogen (secondary N) is 1. The van der Waals surface area contributed by atoms with E-state index in [4.69, 9.17) is 17.7 Å². The number of hydrogen-bond donors (Lipinski definition) is 1. The first-order valence-corrected chi connectivity index (χ1v) is 11.5. The van der Waals surface area contributed by atoms with Crippen LogP contribution in [-0.2, 0) is 17.7 Å². The molecule has 124 valence electrons. The summed E-state index contributed by atoms with van der Waals surface area (Å²) in [6.07, 6.45) is 2.02. The standard InChI is InChI=1S/C14H31NO4Si2/c1-7-20(16-3,17-4)13-9-11-15-12-10-14-21(8-2,18-5)19-6/h7-8,15H,1-2,9-14H2,3-6H3. The lowest BCUT2D eigenvalue weighted by atomic mass is 10.4. The molecular weight excluding hydrogens is 302 g/mol. The summed E-state index contributed by atoms with van der Waals surface area (Å²) in [6, 6.07) is 1.83. The minimum Gasteiger partial charge on any atom is -0.395 e. The summed E-state index contributed by atoms with van der Waals surface area (Å²) in [5.41, 5.74) is 3.68. The van der Waals surface area contributed by atoms with Crippen LogP contribution in [0.15, 0.2) is 24.6 Å². The Morgan fingerprint density at radius 3 is 1.33 bits per heavy atom. The first-order chi connectivity index (χ1) is 10.1. The molecule has 0 aliphatic carbocycles. The van der Waals surface area contributed by atoms with Gasteiger partial charge in [0.1, 0.15) is 0 Å². The van der Waals surface area contributed by atoms with Crippen molar-refractivity contribution < 1.29 is 17.7 Å². The lowest BCUT2D eigenvalue weighted by Crippen LogP contribution is -2.39. The first-order valence-electron chi connectivity index (χ1n) is 7.26. The fourth-order valence-corrected chi connectivity index (χ4v) is 5.72. The SMILES string of the molecule is C=C[Si](CCCNCCC[Si](C=C)(OC)OC)(OC)OC. The molecule has 0 atom stereocenters. The quantitative estimate of drug-likeness (QED) is 0.390. The van der Waals surface area contributed by atoms with Crippen LogP contribution in [0.25, 0.3) is 0 Å². The van der Waals surface area contributed by atoms with E-state index in [2.05, 4.69) is 18.5 Å². The fraction of sp³-hybridized carbons (Fsp3) is 0.714. The largest absolute Gasteiger partial charge is 0.395 e. The van der Waals surface area contributed by atoms with Crippen LogP contribution in [0.4, 0.5) is 0 Å². The lowest BCUT2D eigenvalue weighted by molar-refractivity contribution is 0.254. The molecule has 0 saturated heterocycles. The maximum atomic E-state index is 5.48. The minimum absolute atomic E-state index is 0.915. The van der Waals surface area contributed by atoms with Gasteiger partial charge in [0.15, 0.2) is 0 Å². The molecule has 0 amide bonds. The van der Waals surface area contributed by atoms with Crippen LogP contribution in [0, 0.1) is 0 Å². The second-order valence-corrected chi connectivity index (χ2v) is 11.5. The van der Waals surface area contributed by atoms with Gasteiger partial charge < -0.3 is 23.0 Å². The van der Waals surface area contributed by atoms with Crippen LogP contribution in [-0.4, -0.2) is 58.7 Å². The summed E-state index contributed by atoms with van der Waals surface area (Å²) in [5, 5.41) is 3.43. The highest BCUT2D eigenvalue weighted by molar-refractivity contribution is 6.72. The molecule has 0 aliphatic rings. The minimum atomic E-state index is -2.16. The van der Waals surface area contributed by atoms with Gasteiger partial charge in [-0.3, -0.25) is 0 Å². The summed E-state index contributed by atoms with van der Waals surface area (Å²) >= 11 is 0. The van der Waals surface area contributed by atoms with Gasteiger partial charge in [0.25, 0.3) is 0 Å². The monoisotopic (exact) mass is 333 g/mol. The molecule has 0 aromatic rings. The molecule has 5 nitrogen and oxygen atoms in total. The topological polar surface area (TPSA) is 49.0 Å². The molecule has 0 unspecified atom stereocenters. The van der Waals surface area contributed by atoms with Crippen LogP contribution < -0.4 is 5.32 Å². The Morgan fingerprint density at radius 1 is 0.762 bits per heavy atom. The lowest BCUT2D eigenvalue weighted by Gasteiger charge is -2.24. The fourth-order valence-electron chi connectivity index (χ4n) is 2.16. The van der Waals surface area contributed by atoms with Crippen LogP contribution in [0.5, 0.6) is 0 Å². The Kier molecular flexibility index (Phi) is 11.1. The van der Waals surface area contributed by atoms with E-state index in [9.17, 15) is 0 Å². The average Bonchev–Trinajstić information content (AvgIpc) is 2.55. The molecule has 0 aliphatic heterocycles. The van der Waals surface area contributed by atoms with E-state index < -0.39 is 17.1 Å². The molecule has 0 aromatic heterocycles. The summed E-state index contributed by atoms with van der Waals surface area (Å²) in [7, 11) is 2.47. The Labute approximate surface area is 131 Å². The van der Waals surface area contributed by atoms with Gasteiger partial charge >= 0.3 is 17.1 Å². The van der Waals surface area contributed by atoms with Gasteiger partial charge in [-0.25, -0.2) is 0 Å². The zero-order valence-corrected chi connectivity index (χ0v) is 15.9. The van der Waals surface area contributed by atoms with Crippen molar-refractivity contribution in [1.29, 1.82) is 0 Å². The molecule has 0 fully saturated rings. The van der Waals surface area contributed by atoms with Crippen molar-refractivity contribution in [2.24, 2.45) is 0 Å². The second-order valence-electron chi connectivity index (χ2n) is 4.81. The van der Waals surface area contributed by atoms with Crippen molar-refractivity contribution in [2.75, 3.05) is 41.5 Å². The van der Waals surface area contributed by atoms with Gasteiger partial charge in [0.2, 0.25) is 0 Å². The van der Waals surface area contributed by atoms with E-state index in [0.717, 1.165) is 38.0 Å².